The summed E-state index contributed by atoms with van der Waals surface area (Å²) in [5, 5.41) is 0.544. The topological polar surface area (TPSA) is 48.4 Å². The lowest BCUT2D eigenvalue weighted by Gasteiger charge is -2.19. The Hall–Kier alpha value is -4.06. The lowest BCUT2D eigenvalue weighted by molar-refractivity contribution is -0.143. The molecule has 0 N–H and O–H groups in total. The highest BCUT2D eigenvalue weighted by atomic mass is 19.2. The fraction of sp³-hybridized carbons (Fsp3) is 0.226. The smallest absolute Gasteiger partial charge is 0.305 e. The minimum atomic E-state index is -0.916. The second-order valence-corrected chi connectivity index (χ2v) is 9.06. The monoisotopic (exact) mass is 499 g/mol. The summed E-state index contributed by atoms with van der Waals surface area (Å²) < 4.78 is 38.5. The minimum Gasteiger partial charge on any atom is -0.489 e. The normalized spacial score (nSPS) is 14.6. The zero-order valence-electron chi connectivity index (χ0n) is 20.5. The van der Waals surface area contributed by atoms with E-state index in [1.54, 1.807) is 12.1 Å². The Balaban J connectivity index is 1.44. The number of ether oxygens (including phenoxy) is 2. The lowest BCUT2D eigenvalue weighted by Crippen LogP contribution is -2.07. The highest BCUT2D eigenvalue weighted by molar-refractivity contribution is 5.81. The maximum atomic E-state index is 13.7. The molecule has 1 aromatic heterocycles. The van der Waals surface area contributed by atoms with Crippen molar-refractivity contribution in [1.82, 2.24) is 4.98 Å². The molecule has 3 aromatic carbocycles. The largest absolute Gasteiger partial charge is 0.489 e. The highest BCUT2D eigenvalue weighted by Gasteiger charge is 2.25. The van der Waals surface area contributed by atoms with Crippen LogP contribution in [-0.2, 0) is 16.1 Å². The van der Waals surface area contributed by atoms with Crippen molar-refractivity contribution >= 4 is 29.0 Å². The van der Waals surface area contributed by atoms with Crippen LogP contribution < -0.4 is 4.74 Å². The summed E-state index contributed by atoms with van der Waals surface area (Å²) in [7, 11) is 0. The molecule has 0 fully saturated rings. The minimum absolute atomic E-state index is 0.0770. The molecule has 0 saturated carbocycles. The standard InChI is InChI=1S/C31H27F2NO3/c1-2-36-31(35)9-5-8-25-24-7-4-3-6-22(24)19-37-30-15-11-20(16-26(25)30)10-13-23-14-12-21-17-27(32)28(33)18-29(21)34-23/h3-4,6-7,10-18,25H,2,5,8-9,19H2,1H3/b13-10+. The molecule has 0 bridgehead atoms. The van der Waals surface area contributed by atoms with Crippen LogP contribution in [0.4, 0.5) is 8.78 Å². The molecule has 0 radical (unpaired) electrons. The SMILES string of the molecule is CCOC(=O)CCCC1c2ccccc2COc2ccc(/C=C/c3ccc4cc(F)c(F)cc4n3)cc21. The van der Waals surface area contributed by atoms with E-state index in [4.69, 9.17) is 9.47 Å². The van der Waals surface area contributed by atoms with Gasteiger partial charge in [-0.15, -0.1) is 0 Å². The van der Waals surface area contributed by atoms with Crippen LogP contribution in [0.3, 0.4) is 0 Å². The summed E-state index contributed by atoms with van der Waals surface area (Å²) in [6.45, 7) is 2.69. The van der Waals surface area contributed by atoms with E-state index in [1.165, 1.54) is 5.56 Å². The molecule has 0 spiro atoms. The molecule has 0 amide bonds. The summed E-state index contributed by atoms with van der Waals surface area (Å²) in [5.41, 5.74) is 5.41. The van der Waals surface area contributed by atoms with Gasteiger partial charge in [0, 0.05) is 29.4 Å². The molecular weight excluding hydrogens is 472 g/mol. The molecule has 1 aliphatic heterocycles. The van der Waals surface area contributed by atoms with Crippen LogP contribution in [0, 0.1) is 11.6 Å². The van der Waals surface area contributed by atoms with E-state index in [9.17, 15) is 13.6 Å². The van der Waals surface area contributed by atoms with Gasteiger partial charge in [0.1, 0.15) is 12.4 Å². The van der Waals surface area contributed by atoms with E-state index in [0.29, 0.717) is 42.7 Å². The Labute approximate surface area is 214 Å². The summed E-state index contributed by atoms with van der Waals surface area (Å²) >= 11 is 0. The Morgan fingerprint density at radius 1 is 1.03 bits per heavy atom. The molecule has 2 heterocycles. The number of benzene rings is 3. The maximum absolute atomic E-state index is 13.7. The van der Waals surface area contributed by atoms with Gasteiger partial charge in [0.15, 0.2) is 11.6 Å². The summed E-state index contributed by atoms with van der Waals surface area (Å²) in [5.74, 6) is -1.07. The zero-order chi connectivity index (χ0) is 25.8. The van der Waals surface area contributed by atoms with Crippen LogP contribution in [0.5, 0.6) is 5.75 Å². The molecule has 0 aliphatic carbocycles. The van der Waals surface area contributed by atoms with E-state index in [1.807, 2.05) is 43.3 Å². The molecule has 1 aliphatic rings. The van der Waals surface area contributed by atoms with Crippen molar-refractivity contribution in [2.45, 2.75) is 38.7 Å². The summed E-state index contributed by atoms with van der Waals surface area (Å²) in [4.78, 5) is 16.4. The number of carbonyl (C=O) groups excluding carboxylic acids is 1. The van der Waals surface area contributed by atoms with Crippen LogP contribution in [0.1, 0.15) is 60.1 Å². The Kier molecular flexibility index (Phi) is 7.26. The second-order valence-electron chi connectivity index (χ2n) is 9.06. The first kappa shape index (κ1) is 24.6. The maximum Gasteiger partial charge on any atom is 0.305 e. The Bertz CT molecular complexity index is 1480. The highest BCUT2D eigenvalue weighted by Crippen LogP contribution is 2.41. The number of hydrogen-bond donors (Lipinski definition) is 0. The van der Waals surface area contributed by atoms with E-state index < -0.39 is 11.6 Å². The third-order valence-corrected chi connectivity index (χ3v) is 6.60. The molecule has 5 rings (SSSR count). The molecule has 4 aromatic rings. The molecule has 4 nitrogen and oxygen atoms in total. The molecule has 0 saturated heterocycles. The predicted octanol–water partition coefficient (Wildman–Crippen LogP) is 7.44. The van der Waals surface area contributed by atoms with Gasteiger partial charge < -0.3 is 9.47 Å². The number of pyridine rings is 1. The number of esters is 1. The van der Waals surface area contributed by atoms with Gasteiger partial charge >= 0.3 is 5.97 Å². The zero-order valence-corrected chi connectivity index (χ0v) is 20.5. The predicted molar refractivity (Wildman–Crippen MR) is 140 cm³/mol. The third kappa shape index (κ3) is 5.53. The van der Waals surface area contributed by atoms with Crippen molar-refractivity contribution < 1.29 is 23.0 Å². The van der Waals surface area contributed by atoms with Crippen molar-refractivity contribution in [1.29, 1.82) is 0 Å². The first-order valence-corrected chi connectivity index (χ1v) is 12.5. The Morgan fingerprint density at radius 2 is 1.86 bits per heavy atom. The first-order valence-electron chi connectivity index (χ1n) is 12.5. The molecule has 188 valence electrons. The van der Waals surface area contributed by atoms with Crippen LogP contribution in [-0.4, -0.2) is 17.6 Å². The van der Waals surface area contributed by atoms with E-state index in [-0.39, 0.29) is 11.9 Å². The van der Waals surface area contributed by atoms with Crippen LogP contribution in [0.2, 0.25) is 0 Å². The van der Waals surface area contributed by atoms with E-state index in [2.05, 4.69) is 23.2 Å². The third-order valence-electron chi connectivity index (χ3n) is 6.60. The summed E-state index contributed by atoms with van der Waals surface area (Å²) in [6, 6.07) is 20.1. The molecule has 1 atom stereocenters. The van der Waals surface area contributed by atoms with E-state index >= 15 is 0 Å². The number of nitrogens with zero attached hydrogens (tertiary/aromatic N) is 1. The van der Waals surface area contributed by atoms with Gasteiger partial charge in [0.2, 0.25) is 0 Å². The van der Waals surface area contributed by atoms with Crippen molar-refractivity contribution in [2.24, 2.45) is 0 Å². The van der Waals surface area contributed by atoms with Gasteiger partial charge in [-0.25, -0.2) is 13.8 Å². The molecule has 6 heteroatoms. The van der Waals surface area contributed by atoms with Crippen LogP contribution in [0.15, 0.2) is 66.7 Å². The number of carbonyl (C=O) groups is 1. The van der Waals surface area contributed by atoms with Crippen LogP contribution >= 0.6 is 0 Å². The number of rotatable bonds is 7. The van der Waals surface area contributed by atoms with Gasteiger partial charge in [-0.2, -0.15) is 0 Å². The quantitative estimate of drug-likeness (QED) is 0.248. The van der Waals surface area contributed by atoms with Gasteiger partial charge in [0.25, 0.3) is 0 Å². The van der Waals surface area contributed by atoms with Crippen molar-refractivity contribution in [3.63, 3.8) is 0 Å². The second kappa shape index (κ2) is 10.9. The molecule has 1 unspecified atom stereocenters. The number of hydrogen-bond acceptors (Lipinski definition) is 4. The van der Waals surface area contributed by atoms with Crippen LogP contribution in [0.25, 0.3) is 23.1 Å². The summed E-state index contributed by atoms with van der Waals surface area (Å²) in [6.07, 6.45) is 5.66. The van der Waals surface area contributed by atoms with Gasteiger partial charge in [-0.1, -0.05) is 42.5 Å². The van der Waals surface area contributed by atoms with Gasteiger partial charge in [-0.3, -0.25) is 4.79 Å². The molecular formula is C31H27F2NO3. The van der Waals surface area contributed by atoms with E-state index in [0.717, 1.165) is 41.0 Å². The van der Waals surface area contributed by atoms with Gasteiger partial charge in [0.05, 0.1) is 17.8 Å². The Morgan fingerprint density at radius 3 is 2.73 bits per heavy atom. The fourth-order valence-electron chi connectivity index (χ4n) is 4.81. The number of halogens is 2. The average molecular weight is 500 g/mol. The van der Waals surface area contributed by atoms with Crippen molar-refractivity contribution in [3.05, 3.63) is 106 Å². The number of fused-ring (bicyclic) bond motifs is 3. The lowest BCUT2D eigenvalue weighted by atomic mass is 9.84. The first-order chi connectivity index (χ1) is 18.0. The number of aromatic nitrogens is 1. The molecule has 37 heavy (non-hydrogen) atoms. The average Bonchev–Trinajstić information content (AvgIpc) is 3.05. The van der Waals surface area contributed by atoms with Gasteiger partial charge in [-0.05, 0) is 66.8 Å². The van der Waals surface area contributed by atoms with Crippen molar-refractivity contribution in [2.75, 3.05) is 6.61 Å². The van der Waals surface area contributed by atoms with Crippen molar-refractivity contribution in [3.8, 4) is 5.75 Å². The fourth-order valence-corrected chi connectivity index (χ4v) is 4.81.